The van der Waals surface area contributed by atoms with E-state index in [-0.39, 0.29) is 0 Å². The summed E-state index contributed by atoms with van der Waals surface area (Å²) in [6.07, 6.45) is 1.62. The third-order valence-electron chi connectivity index (χ3n) is 1.06. The van der Waals surface area contributed by atoms with Crippen LogP contribution in [0.5, 0.6) is 0 Å². The van der Waals surface area contributed by atoms with Gasteiger partial charge in [-0.25, -0.2) is 0 Å². The molecule has 0 N–H and O–H groups in total. The van der Waals surface area contributed by atoms with Crippen LogP contribution >= 0.6 is 0 Å². The highest BCUT2D eigenvalue weighted by atomic mass is 28.2. The fraction of sp³-hybridized carbons (Fsp3) is 1.00. The lowest BCUT2D eigenvalue weighted by molar-refractivity contribution is -0.0472. The van der Waals surface area contributed by atoms with Crippen LogP contribution in [0.2, 0.25) is 6.04 Å². The first-order valence-corrected chi connectivity index (χ1v) is 4.83. The molecule has 0 atom stereocenters. The Morgan fingerprint density at radius 1 is 1.33 bits per heavy atom. The largest absolute Gasteiger partial charge is 0.354 e. The van der Waals surface area contributed by atoms with Crippen molar-refractivity contribution in [2.45, 2.75) is 31.6 Å². The molecule has 0 saturated carbocycles. The molecule has 0 aliphatic heterocycles. The molecule has 0 aliphatic carbocycles. The van der Waals surface area contributed by atoms with Crippen LogP contribution in [-0.4, -0.2) is 15.3 Å². The highest BCUT2D eigenvalue weighted by Gasteiger charge is 2.25. The van der Waals surface area contributed by atoms with Crippen molar-refractivity contribution >= 4 is 9.52 Å². The quantitative estimate of drug-likeness (QED) is 0.432. The van der Waals surface area contributed by atoms with Crippen LogP contribution in [0.4, 0.5) is 13.2 Å². The molecule has 9 heavy (non-hydrogen) atoms. The summed E-state index contributed by atoms with van der Waals surface area (Å²) < 4.78 is 34.3. The van der Waals surface area contributed by atoms with Crippen LogP contribution in [0.25, 0.3) is 0 Å². The Morgan fingerprint density at radius 2 is 1.89 bits per heavy atom. The summed E-state index contributed by atoms with van der Waals surface area (Å²) in [4.78, 5) is 0. The maximum atomic E-state index is 11.4. The minimum atomic E-state index is -3.81. The summed E-state index contributed by atoms with van der Waals surface area (Å²) in [5.41, 5.74) is 0. The van der Waals surface area contributed by atoms with Gasteiger partial charge in [-0.1, -0.05) is 25.8 Å². The van der Waals surface area contributed by atoms with Crippen molar-refractivity contribution in [2.75, 3.05) is 0 Å². The zero-order chi connectivity index (χ0) is 7.33. The normalized spacial score (nSPS) is 13.3. The average molecular weight is 156 g/mol. The van der Waals surface area contributed by atoms with Gasteiger partial charge in [0, 0.05) is 0 Å². The third-order valence-corrected chi connectivity index (χ3v) is 2.48. The Hall–Kier alpha value is 0.00688. The molecule has 0 nitrogen and oxygen atoms in total. The maximum absolute atomic E-state index is 11.4. The monoisotopic (exact) mass is 156 g/mol. The molecular formula is C5H11F3Si. The second-order valence-corrected chi connectivity index (χ2v) is 4.08. The Kier molecular flexibility index (Phi) is 3.93. The van der Waals surface area contributed by atoms with Crippen LogP contribution in [0.3, 0.4) is 0 Å². The van der Waals surface area contributed by atoms with Crippen molar-refractivity contribution in [2.24, 2.45) is 0 Å². The molecule has 0 spiro atoms. The predicted octanol–water partition coefficient (Wildman–Crippen LogP) is 1.89. The predicted molar refractivity (Wildman–Crippen MR) is 34.3 cm³/mol. The van der Waals surface area contributed by atoms with Gasteiger partial charge in [0.15, 0.2) is 9.52 Å². The van der Waals surface area contributed by atoms with Crippen molar-refractivity contribution in [3.05, 3.63) is 0 Å². The van der Waals surface area contributed by atoms with Crippen LogP contribution in [0, 0.1) is 0 Å². The van der Waals surface area contributed by atoms with Crippen LogP contribution < -0.4 is 0 Å². The number of alkyl halides is 3. The molecule has 0 fully saturated rings. The van der Waals surface area contributed by atoms with Gasteiger partial charge >= 0.3 is 5.80 Å². The van der Waals surface area contributed by atoms with Gasteiger partial charge < -0.3 is 0 Å². The molecule has 0 saturated heterocycles. The van der Waals surface area contributed by atoms with E-state index in [1.165, 1.54) is 0 Å². The van der Waals surface area contributed by atoms with E-state index >= 15 is 0 Å². The lowest BCUT2D eigenvalue weighted by atomic mass is 10.4. The second-order valence-electron chi connectivity index (χ2n) is 2.07. The Balaban J connectivity index is 3.07. The standard InChI is InChI=1S/C5H11F3Si/c1-2-3-4-9-5(6,7)8/h2-4,9H2,1H3. The molecule has 0 aromatic rings. The lowest BCUT2D eigenvalue weighted by Gasteiger charge is -2.02. The molecule has 4 heteroatoms. The Morgan fingerprint density at radius 3 is 2.22 bits per heavy atom. The van der Waals surface area contributed by atoms with Gasteiger partial charge in [0.2, 0.25) is 0 Å². The molecule has 0 aromatic heterocycles. The first-order chi connectivity index (χ1) is 4.06. The summed E-state index contributed by atoms with van der Waals surface area (Å²) >= 11 is 0. The molecule has 0 bridgehead atoms. The van der Waals surface area contributed by atoms with Crippen LogP contribution in [0.15, 0.2) is 0 Å². The highest BCUT2D eigenvalue weighted by molar-refractivity contribution is 6.37. The average Bonchev–Trinajstić information content (AvgIpc) is 1.63. The number of halogens is 3. The number of rotatable bonds is 3. The van der Waals surface area contributed by atoms with E-state index in [1.54, 1.807) is 0 Å². The number of hydrogen-bond acceptors (Lipinski definition) is 0. The topological polar surface area (TPSA) is 0 Å². The van der Waals surface area contributed by atoms with Gasteiger partial charge in [-0.05, 0) is 0 Å². The van der Waals surface area contributed by atoms with Crippen molar-refractivity contribution < 1.29 is 13.2 Å². The third kappa shape index (κ3) is 8.01. The molecule has 0 radical (unpaired) electrons. The van der Waals surface area contributed by atoms with E-state index in [4.69, 9.17) is 0 Å². The summed E-state index contributed by atoms with van der Waals surface area (Å²) in [5, 5.41) is 0. The van der Waals surface area contributed by atoms with Gasteiger partial charge in [0.05, 0.1) is 0 Å². The fourth-order valence-corrected chi connectivity index (χ4v) is 1.73. The Bertz CT molecular complexity index is 69.1. The van der Waals surface area contributed by atoms with Crippen LogP contribution in [0.1, 0.15) is 19.8 Å². The number of hydrogen-bond donors (Lipinski definition) is 0. The van der Waals surface area contributed by atoms with Gasteiger partial charge in [-0.2, -0.15) is 13.2 Å². The smallest absolute Gasteiger partial charge is 0.178 e. The van der Waals surface area contributed by atoms with Gasteiger partial charge in [0.1, 0.15) is 0 Å². The minimum Gasteiger partial charge on any atom is -0.178 e. The molecule has 0 aromatic carbocycles. The number of unbranched alkanes of at least 4 members (excludes halogenated alkanes) is 1. The van der Waals surface area contributed by atoms with E-state index in [9.17, 15) is 13.2 Å². The second kappa shape index (κ2) is 3.93. The molecular weight excluding hydrogens is 145 g/mol. The summed E-state index contributed by atoms with van der Waals surface area (Å²) in [6.45, 7) is 1.91. The van der Waals surface area contributed by atoms with E-state index in [1.807, 2.05) is 6.92 Å². The van der Waals surface area contributed by atoms with Crippen molar-refractivity contribution in [3.8, 4) is 0 Å². The van der Waals surface area contributed by atoms with E-state index in [0.717, 1.165) is 12.8 Å². The SMILES string of the molecule is CCCC[SiH2]C(F)(F)F. The van der Waals surface area contributed by atoms with Gasteiger partial charge in [-0.3, -0.25) is 0 Å². The molecule has 56 valence electrons. The molecule has 0 amide bonds. The minimum absolute atomic E-state index is 0.417. The Labute approximate surface area is 55.3 Å². The zero-order valence-electron chi connectivity index (χ0n) is 5.46. The lowest BCUT2D eigenvalue weighted by Crippen LogP contribution is -2.17. The van der Waals surface area contributed by atoms with Crippen molar-refractivity contribution in [1.29, 1.82) is 0 Å². The van der Waals surface area contributed by atoms with E-state index in [0.29, 0.717) is 6.04 Å². The first-order valence-electron chi connectivity index (χ1n) is 3.13. The van der Waals surface area contributed by atoms with Crippen LogP contribution in [-0.2, 0) is 0 Å². The van der Waals surface area contributed by atoms with E-state index < -0.39 is 15.3 Å². The van der Waals surface area contributed by atoms with Crippen molar-refractivity contribution in [1.82, 2.24) is 0 Å². The molecule has 0 rings (SSSR count). The van der Waals surface area contributed by atoms with Crippen molar-refractivity contribution in [3.63, 3.8) is 0 Å². The molecule has 0 unspecified atom stereocenters. The summed E-state index contributed by atoms with van der Waals surface area (Å²) in [6, 6.07) is 0.417. The fourth-order valence-electron chi connectivity index (χ4n) is 0.575. The van der Waals surface area contributed by atoms with Gasteiger partial charge in [0.25, 0.3) is 0 Å². The first kappa shape index (κ1) is 9.01. The summed E-state index contributed by atoms with van der Waals surface area (Å²) in [7, 11) is -1.76. The summed E-state index contributed by atoms with van der Waals surface area (Å²) in [5.74, 6) is -3.81. The zero-order valence-corrected chi connectivity index (χ0v) is 6.88. The highest BCUT2D eigenvalue weighted by Crippen LogP contribution is 2.14. The maximum Gasteiger partial charge on any atom is 0.354 e. The van der Waals surface area contributed by atoms with Gasteiger partial charge in [-0.15, -0.1) is 0 Å². The van der Waals surface area contributed by atoms with E-state index in [2.05, 4.69) is 0 Å². The molecule has 0 aliphatic rings. The molecule has 0 heterocycles.